The number of nitrogens with zero attached hydrogens (tertiary/aromatic N) is 1. The number of aliphatic imine (C=N–C) groups is 1. The van der Waals surface area contributed by atoms with Crippen LogP contribution in [0.5, 0.6) is 0 Å². The van der Waals surface area contributed by atoms with Gasteiger partial charge in [0.15, 0.2) is 0 Å². The average molecular weight is 472 g/mol. The molecule has 0 atom stereocenters. The van der Waals surface area contributed by atoms with Gasteiger partial charge in [-0.25, -0.2) is 4.99 Å². The van der Waals surface area contributed by atoms with Crippen LogP contribution in [0.4, 0.5) is 0 Å². The van der Waals surface area contributed by atoms with Crippen molar-refractivity contribution in [1.29, 1.82) is 0 Å². The molecule has 1 saturated carbocycles. The zero-order chi connectivity index (χ0) is 21.8. The molecule has 0 heterocycles. The van der Waals surface area contributed by atoms with Crippen molar-refractivity contribution in [3.8, 4) is 0 Å². The summed E-state index contributed by atoms with van der Waals surface area (Å²) in [5, 5.41) is 1.08. The number of ether oxygens (including phenoxy) is 1. The molecule has 3 nitrogen and oxygen atoms in total. The van der Waals surface area contributed by atoms with E-state index in [1.807, 2.05) is 42.5 Å². The van der Waals surface area contributed by atoms with Gasteiger partial charge >= 0.3 is 0 Å². The summed E-state index contributed by atoms with van der Waals surface area (Å²) in [6, 6.07) is 13.8. The molecule has 0 aliphatic heterocycles. The van der Waals surface area contributed by atoms with E-state index in [9.17, 15) is 4.79 Å². The van der Waals surface area contributed by atoms with Gasteiger partial charge in [-0.1, -0.05) is 48.3 Å². The highest BCUT2D eigenvalue weighted by atomic mass is 35.5. The van der Waals surface area contributed by atoms with Crippen LogP contribution in [0.25, 0.3) is 0 Å². The van der Waals surface area contributed by atoms with Crippen LogP contribution >= 0.6 is 35.0 Å². The Balaban J connectivity index is 1.34. The molecule has 2 aromatic rings. The minimum atomic E-state index is -0.336. The number of carbonyl (C=O) groups is 1. The van der Waals surface area contributed by atoms with Crippen LogP contribution in [0.1, 0.15) is 37.3 Å². The largest absolute Gasteiger partial charge is 0.483 e. The summed E-state index contributed by atoms with van der Waals surface area (Å²) >= 11 is 14.0. The van der Waals surface area contributed by atoms with E-state index in [-0.39, 0.29) is 11.5 Å². The number of carbonyl (C=O) groups excluding carboxylic acids is 1. The molecular formula is C25H23Cl2NO2S. The van der Waals surface area contributed by atoms with Crippen molar-refractivity contribution in [3.63, 3.8) is 0 Å². The second kappa shape index (κ2) is 9.64. The summed E-state index contributed by atoms with van der Waals surface area (Å²) in [6.45, 7) is 2.12. The van der Waals surface area contributed by atoms with Crippen molar-refractivity contribution in [2.75, 3.05) is 5.75 Å². The van der Waals surface area contributed by atoms with Gasteiger partial charge in [-0.15, -0.1) is 11.8 Å². The summed E-state index contributed by atoms with van der Waals surface area (Å²) < 4.78 is 6.28. The Morgan fingerprint density at radius 3 is 2.48 bits per heavy atom. The quantitative estimate of drug-likeness (QED) is 0.401. The van der Waals surface area contributed by atoms with Gasteiger partial charge in [-0.3, -0.25) is 4.79 Å². The predicted octanol–water partition coefficient (Wildman–Crippen LogP) is 7.17. The number of benzene rings is 2. The SMILES string of the molecule is CCSc1ccc(CC(=O)N=C2C=CC(OC3(c4ccc(Cl)c(Cl)c4)CC3)=CC2)cc1. The first-order valence-corrected chi connectivity index (χ1v) is 12.1. The second-order valence-electron chi connectivity index (χ2n) is 7.62. The zero-order valence-corrected chi connectivity index (χ0v) is 19.6. The smallest absolute Gasteiger partial charge is 0.250 e. The van der Waals surface area contributed by atoms with Gasteiger partial charge in [0.1, 0.15) is 11.4 Å². The topological polar surface area (TPSA) is 38.7 Å². The van der Waals surface area contributed by atoms with E-state index in [1.165, 1.54) is 4.90 Å². The van der Waals surface area contributed by atoms with E-state index in [1.54, 1.807) is 17.8 Å². The fraction of sp³-hybridized carbons (Fsp3) is 0.280. The molecule has 0 radical (unpaired) electrons. The first-order valence-electron chi connectivity index (χ1n) is 10.3. The molecule has 0 unspecified atom stereocenters. The van der Waals surface area contributed by atoms with Gasteiger partial charge in [-0.05, 0) is 72.2 Å². The fourth-order valence-corrected chi connectivity index (χ4v) is 4.45. The standard InChI is InChI=1S/C25H23Cl2NO2S/c1-2-31-21-10-3-17(4-11-21)15-24(29)28-19-6-8-20(9-7-19)30-25(13-14-25)18-5-12-22(26)23(27)16-18/h3-6,8-12,16H,2,7,13-15H2,1H3. The number of hydrogen-bond donors (Lipinski definition) is 0. The highest BCUT2D eigenvalue weighted by Gasteiger charge is 2.47. The van der Waals surface area contributed by atoms with Crippen molar-refractivity contribution < 1.29 is 9.53 Å². The Morgan fingerprint density at radius 2 is 1.87 bits per heavy atom. The summed E-state index contributed by atoms with van der Waals surface area (Å²) in [4.78, 5) is 17.8. The van der Waals surface area contributed by atoms with E-state index >= 15 is 0 Å². The van der Waals surface area contributed by atoms with Crippen molar-refractivity contribution >= 4 is 46.6 Å². The third-order valence-electron chi connectivity index (χ3n) is 5.27. The number of amides is 1. The molecule has 4 rings (SSSR count). The summed E-state index contributed by atoms with van der Waals surface area (Å²) in [5.41, 5.74) is 2.42. The average Bonchev–Trinajstić information content (AvgIpc) is 3.54. The zero-order valence-electron chi connectivity index (χ0n) is 17.2. The molecule has 2 aliphatic rings. The van der Waals surface area contributed by atoms with Gasteiger partial charge in [-0.2, -0.15) is 0 Å². The lowest BCUT2D eigenvalue weighted by Crippen LogP contribution is -2.13. The molecule has 1 amide bonds. The maximum Gasteiger partial charge on any atom is 0.250 e. The highest BCUT2D eigenvalue weighted by molar-refractivity contribution is 7.99. The van der Waals surface area contributed by atoms with Gasteiger partial charge in [0.2, 0.25) is 5.91 Å². The van der Waals surface area contributed by atoms with Gasteiger partial charge < -0.3 is 4.74 Å². The van der Waals surface area contributed by atoms with Crippen molar-refractivity contribution in [1.82, 2.24) is 0 Å². The normalized spacial score (nSPS) is 18.0. The second-order valence-corrected chi connectivity index (χ2v) is 9.77. The van der Waals surface area contributed by atoms with Crippen LogP contribution < -0.4 is 0 Å². The minimum absolute atomic E-state index is 0.136. The van der Waals surface area contributed by atoms with E-state index in [0.29, 0.717) is 22.9 Å². The lowest BCUT2D eigenvalue weighted by atomic mass is 10.1. The molecule has 31 heavy (non-hydrogen) atoms. The van der Waals surface area contributed by atoms with Crippen LogP contribution in [0.2, 0.25) is 10.0 Å². The fourth-order valence-electron chi connectivity index (χ4n) is 3.49. The predicted molar refractivity (Wildman–Crippen MR) is 129 cm³/mol. The Morgan fingerprint density at radius 1 is 1.10 bits per heavy atom. The molecule has 2 aromatic carbocycles. The number of rotatable bonds is 7. The first-order chi connectivity index (χ1) is 15.0. The number of allylic oxidation sites excluding steroid dienone is 3. The van der Waals surface area contributed by atoms with Crippen LogP contribution in [0.3, 0.4) is 0 Å². The first kappa shape index (κ1) is 22.2. The Hall–Kier alpha value is -2.01. The monoisotopic (exact) mass is 471 g/mol. The van der Waals surface area contributed by atoms with Crippen LogP contribution in [0, 0.1) is 0 Å². The van der Waals surface area contributed by atoms with Gasteiger partial charge in [0, 0.05) is 17.0 Å². The Kier molecular flexibility index (Phi) is 6.90. The van der Waals surface area contributed by atoms with Gasteiger partial charge in [0.25, 0.3) is 0 Å². The van der Waals surface area contributed by atoms with Crippen LogP contribution in [-0.4, -0.2) is 17.4 Å². The highest BCUT2D eigenvalue weighted by Crippen LogP contribution is 2.51. The third kappa shape index (κ3) is 5.62. The molecule has 0 saturated heterocycles. The lowest BCUT2D eigenvalue weighted by Gasteiger charge is -2.21. The molecule has 0 bridgehead atoms. The molecule has 6 heteroatoms. The van der Waals surface area contributed by atoms with Crippen LogP contribution in [-0.2, 0) is 21.6 Å². The van der Waals surface area contributed by atoms with E-state index in [0.717, 1.165) is 41.2 Å². The third-order valence-corrected chi connectivity index (χ3v) is 6.91. The number of hydrogen-bond acceptors (Lipinski definition) is 3. The molecule has 0 spiro atoms. The molecule has 2 aliphatic carbocycles. The summed E-state index contributed by atoms with van der Waals surface area (Å²) in [6.07, 6.45) is 8.46. The molecule has 1 fully saturated rings. The summed E-state index contributed by atoms with van der Waals surface area (Å²) in [5.74, 6) is 1.69. The molecular weight excluding hydrogens is 449 g/mol. The molecule has 0 N–H and O–H groups in total. The summed E-state index contributed by atoms with van der Waals surface area (Å²) in [7, 11) is 0. The maximum atomic E-state index is 12.4. The maximum absolute atomic E-state index is 12.4. The lowest BCUT2D eigenvalue weighted by molar-refractivity contribution is -0.117. The Bertz CT molecular complexity index is 1070. The van der Waals surface area contributed by atoms with E-state index in [4.69, 9.17) is 27.9 Å². The molecule has 0 aromatic heterocycles. The van der Waals surface area contributed by atoms with E-state index in [2.05, 4.69) is 24.0 Å². The molecule has 160 valence electrons. The van der Waals surface area contributed by atoms with Crippen molar-refractivity contribution in [3.05, 3.63) is 87.6 Å². The van der Waals surface area contributed by atoms with Crippen molar-refractivity contribution in [2.24, 2.45) is 4.99 Å². The Labute approximate surface area is 197 Å². The number of thioether (sulfide) groups is 1. The van der Waals surface area contributed by atoms with Crippen LogP contribution in [0.15, 0.2) is 76.3 Å². The van der Waals surface area contributed by atoms with E-state index < -0.39 is 0 Å². The van der Waals surface area contributed by atoms with Crippen molar-refractivity contribution in [2.45, 2.75) is 43.1 Å². The van der Waals surface area contributed by atoms with Gasteiger partial charge in [0.05, 0.1) is 16.5 Å². The number of halogens is 2. The minimum Gasteiger partial charge on any atom is -0.483 e.